The van der Waals surface area contributed by atoms with Crippen LogP contribution in [0.3, 0.4) is 0 Å². The van der Waals surface area contributed by atoms with Gasteiger partial charge in [-0.2, -0.15) is 10.5 Å². The van der Waals surface area contributed by atoms with Gasteiger partial charge in [0.05, 0.1) is 21.2 Å². The number of nitrogens with zero attached hydrogens (tertiary/aromatic N) is 4. The Bertz CT molecular complexity index is 819. The molecule has 0 atom stereocenters. The van der Waals surface area contributed by atoms with Gasteiger partial charge in [0.1, 0.15) is 17.8 Å². The van der Waals surface area contributed by atoms with Gasteiger partial charge in [-0.3, -0.25) is 0 Å². The summed E-state index contributed by atoms with van der Waals surface area (Å²) in [6.07, 6.45) is 0. The molecule has 0 aliphatic rings. The Morgan fingerprint density at radius 1 is 0.952 bits per heavy atom. The van der Waals surface area contributed by atoms with Gasteiger partial charge in [0, 0.05) is 17.2 Å². The van der Waals surface area contributed by atoms with Crippen LogP contribution in [0, 0.1) is 27.9 Å². The topological polar surface area (TPSA) is 86.0 Å². The second-order valence-corrected chi connectivity index (χ2v) is 4.74. The maximum atomic E-state index is 11.9. The van der Waals surface area contributed by atoms with E-state index in [1.807, 2.05) is 12.1 Å². The van der Waals surface area contributed by atoms with E-state index in [1.54, 1.807) is 0 Å². The summed E-state index contributed by atoms with van der Waals surface area (Å²) < 4.78 is 0. The van der Waals surface area contributed by atoms with Crippen molar-refractivity contribution in [2.24, 2.45) is 5.11 Å². The van der Waals surface area contributed by atoms with Gasteiger partial charge in [-0.1, -0.05) is 28.1 Å². The zero-order valence-corrected chi connectivity index (χ0v) is 11.9. The van der Waals surface area contributed by atoms with Crippen LogP contribution < -0.4 is 0 Å². The van der Waals surface area contributed by atoms with Crippen LogP contribution in [0.4, 0.5) is 11.4 Å². The highest BCUT2D eigenvalue weighted by Gasteiger charge is 2.09. The molecule has 0 radical (unpaired) electrons. The van der Waals surface area contributed by atoms with Crippen LogP contribution >= 0.6 is 23.2 Å². The first-order chi connectivity index (χ1) is 10.0. The van der Waals surface area contributed by atoms with Crippen molar-refractivity contribution >= 4 is 34.6 Å². The lowest BCUT2D eigenvalue weighted by Gasteiger charge is -2.02. The molecule has 0 heterocycles. The van der Waals surface area contributed by atoms with E-state index in [0.29, 0.717) is 16.1 Å². The van der Waals surface area contributed by atoms with Crippen LogP contribution in [0.15, 0.2) is 41.5 Å². The Balaban J connectivity index is 2.38. The molecule has 0 spiro atoms. The van der Waals surface area contributed by atoms with Crippen LogP contribution in [0.5, 0.6) is 0 Å². The molecule has 102 valence electrons. The standard InChI is InChI=1S/C14H6Cl2N4O/c15-13-5-11(3-1-9(13)7-17)19-20(21)12-4-2-10(8-18)14(16)6-12/h1-6H. The molecule has 0 saturated heterocycles. The molecule has 2 aromatic rings. The second kappa shape index (κ2) is 6.23. The van der Waals surface area contributed by atoms with E-state index in [0.717, 1.165) is 0 Å². The Hall–Kier alpha value is -2.60. The zero-order chi connectivity index (χ0) is 15.4. The molecule has 0 fully saturated rings. The molecular formula is C14H6Cl2N4O. The Morgan fingerprint density at radius 3 is 2.05 bits per heavy atom. The minimum atomic E-state index is 0.170. The van der Waals surface area contributed by atoms with Crippen LogP contribution in [0.25, 0.3) is 0 Å². The zero-order valence-electron chi connectivity index (χ0n) is 10.4. The fraction of sp³-hybridized carbons (Fsp3) is 0. The van der Waals surface area contributed by atoms with Gasteiger partial charge in [0.25, 0.3) is 0 Å². The molecule has 0 saturated carbocycles. The number of halogens is 2. The highest BCUT2D eigenvalue weighted by atomic mass is 35.5. The number of azo groups is 1. The van der Waals surface area contributed by atoms with Crippen molar-refractivity contribution in [2.75, 3.05) is 0 Å². The summed E-state index contributed by atoms with van der Waals surface area (Å²) in [5.74, 6) is 0. The van der Waals surface area contributed by atoms with Gasteiger partial charge >= 0.3 is 0 Å². The summed E-state index contributed by atoms with van der Waals surface area (Å²) in [6, 6.07) is 12.4. The predicted molar refractivity (Wildman–Crippen MR) is 77.7 cm³/mol. The fourth-order valence-electron chi connectivity index (χ4n) is 1.53. The van der Waals surface area contributed by atoms with Crippen LogP contribution in [0.2, 0.25) is 10.0 Å². The monoisotopic (exact) mass is 316 g/mol. The van der Waals surface area contributed by atoms with Crippen molar-refractivity contribution in [3.63, 3.8) is 0 Å². The lowest BCUT2D eigenvalue weighted by Crippen LogP contribution is -1.91. The van der Waals surface area contributed by atoms with Crippen molar-refractivity contribution < 1.29 is 4.86 Å². The van der Waals surface area contributed by atoms with Gasteiger partial charge in [-0.25, -0.2) is 0 Å². The maximum Gasteiger partial charge on any atom is 0.246 e. The van der Waals surface area contributed by atoms with Crippen LogP contribution in [-0.4, -0.2) is 4.86 Å². The minimum Gasteiger partial charge on any atom is -0.594 e. The van der Waals surface area contributed by atoms with E-state index in [9.17, 15) is 5.21 Å². The first-order valence-electron chi connectivity index (χ1n) is 5.63. The fourth-order valence-corrected chi connectivity index (χ4v) is 1.97. The van der Waals surface area contributed by atoms with Gasteiger partial charge < -0.3 is 5.21 Å². The highest BCUT2D eigenvalue weighted by Crippen LogP contribution is 2.26. The molecular weight excluding hydrogens is 311 g/mol. The Labute approximate surface area is 130 Å². The van der Waals surface area contributed by atoms with Crippen LogP contribution in [-0.2, 0) is 0 Å². The molecule has 0 unspecified atom stereocenters. The van der Waals surface area contributed by atoms with E-state index in [2.05, 4.69) is 5.11 Å². The smallest absolute Gasteiger partial charge is 0.246 e. The molecule has 2 rings (SSSR count). The van der Waals surface area contributed by atoms with Crippen molar-refractivity contribution in [3.8, 4) is 12.1 Å². The Morgan fingerprint density at radius 2 is 1.52 bits per heavy atom. The van der Waals surface area contributed by atoms with Crippen LogP contribution in [0.1, 0.15) is 11.1 Å². The molecule has 0 aliphatic carbocycles. The van der Waals surface area contributed by atoms with Gasteiger partial charge in [-0.05, 0) is 24.3 Å². The Kier molecular flexibility index (Phi) is 4.39. The van der Waals surface area contributed by atoms with Gasteiger partial charge in [-0.15, -0.1) is 0 Å². The summed E-state index contributed by atoms with van der Waals surface area (Å²) in [5, 5.41) is 33.7. The van der Waals surface area contributed by atoms with E-state index in [-0.39, 0.29) is 21.3 Å². The minimum absolute atomic E-state index is 0.170. The highest BCUT2D eigenvalue weighted by molar-refractivity contribution is 6.32. The quantitative estimate of drug-likeness (QED) is 0.458. The van der Waals surface area contributed by atoms with Gasteiger partial charge in [0.15, 0.2) is 0 Å². The number of nitriles is 2. The van der Waals surface area contributed by atoms with Crippen molar-refractivity contribution in [1.82, 2.24) is 0 Å². The van der Waals surface area contributed by atoms with E-state index in [1.165, 1.54) is 36.4 Å². The number of benzene rings is 2. The summed E-state index contributed by atoms with van der Waals surface area (Å²) >= 11 is 11.7. The predicted octanol–water partition coefficient (Wildman–Crippen LogP) is 4.66. The molecule has 0 N–H and O–H groups in total. The largest absolute Gasteiger partial charge is 0.594 e. The maximum absolute atomic E-state index is 11.9. The van der Waals surface area contributed by atoms with Gasteiger partial charge in [0.2, 0.25) is 5.69 Å². The number of hydrogen-bond donors (Lipinski definition) is 0. The summed E-state index contributed by atoms with van der Waals surface area (Å²) in [7, 11) is 0. The lowest BCUT2D eigenvalue weighted by molar-refractivity contribution is -0.435. The average Bonchev–Trinajstić information content (AvgIpc) is 2.47. The molecule has 0 aliphatic heterocycles. The van der Waals surface area contributed by atoms with Crippen molar-refractivity contribution in [3.05, 3.63) is 62.8 Å². The third-order valence-electron chi connectivity index (χ3n) is 2.57. The van der Waals surface area contributed by atoms with E-state index >= 15 is 0 Å². The first kappa shape index (κ1) is 14.8. The number of rotatable bonds is 2. The first-order valence-corrected chi connectivity index (χ1v) is 6.39. The second-order valence-electron chi connectivity index (χ2n) is 3.92. The number of hydrogen-bond acceptors (Lipinski definition) is 4. The average molecular weight is 317 g/mol. The molecule has 2 aromatic carbocycles. The van der Waals surface area contributed by atoms with Crippen molar-refractivity contribution in [1.29, 1.82) is 10.5 Å². The lowest BCUT2D eigenvalue weighted by atomic mass is 10.2. The summed E-state index contributed by atoms with van der Waals surface area (Å²) in [4.78, 5) is 0.366. The third kappa shape index (κ3) is 3.29. The van der Waals surface area contributed by atoms with Crippen molar-refractivity contribution in [2.45, 2.75) is 0 Å². The summed E-state index contributed by atoms with van der Waals surface area (Å²) in [5.41, 5.74) is 1.05. The molecule has 0 aromatic heterocycles. The van der Waals surface area contributed by atoms with E-state index < -0.39 is 0 Å². The molecule has 5 nitrogen and oxygen atoms in total. The normalized spacial score (nSPS) is 10.8. The van der Waals surface area contributed by atoms with E-state index in [4.69, 9.17) is 33.7 Å². The molecule has 7 heteroatoms. The molecule has 0 bridgehead atoms. The molecule has 21 heavy (non-hydrogen) atoms. The SMILES string of the molecule is N#Cc1ccc(N=[N+]([O-])c2ccc(C#N)c(Cl)c2)cc1Cl. The summed E-state index contributed by atoms with van der Waals surface area (Å²) in [6.45, 7) is 0. The third-order valence-corrected chi connectivity index (χ3v) is 3.20. The molecule has 0 amide bonds.